The third kappa shape index (κ3) is 2.45. The van der Waals surface area contributed by atoms with Crippen molar-refractivity contribution in [2.24, 2.45) is 0 Å². The summed E-state index contributed by atoms with van der Waals surface area (Å²) in [6, 6.07) is 10.6. The lowest BCUT2D eigenvalue weighted by molar-refractivity contribution is 0.0656. The van der Waals surface area contributed by atoms with E-state index in [2.05, 4.69) is 15.9 Å². The first-order chi connectivity index (χ1) is 9.54. The van der Waals surface area contributed by atoms with Gasteiger partial charge in [0.05, 0.1) is 10.6 Å². The highest BCUT2D eigenvalue weighted by Gasteiger charge is 2.28. The fourth-order valence-corrected chi connectivity index (χ4v) is 2.88. The van der Waals surface area contributed by atoms with Crippen molar-refractivity contribution >= 4 is 15.9 Å². The molecule has 20 heavy (non-hydrogen) atoms. The van der Waals surface area contributed by atoms with Crippen LogP contribution in [0.1, 0.15) is 35.3 Å². The summed E-state index contributed by atoms with van der Waals surface area (Å²) >= 11 is 3.18. The van der Waals surface area contributed by atoms with E-state index in [1.165, 1.54) is 6.07 Å². The third-order valence-electron chi connectivity index (χ3n) is 3.55. The predicted molar refractivity (Wildman–Crippen MR) is 78.2 cm³/mol. The molecule has 2 aromatic rings. The van der Waals surface area contributed by atoms with Crippen molar-refractivity contribution in [2.45, 2.75) is 25.6 Å². The first-order valence-electron chi connectivity index (χ1n) is 6.45. The van der Waals surface area contributed by atoms with Crippen molar-refractivity contribution in [1.29, 1.82) is 0 Å². The van der Waals surface area contributed by atoms with Crippen molar-refractivity contribution in [2.75, 3.05) is 0 Å². The second kappa shape index (κ2) is 5.19. The van der Waals surface area contributed by atoms with E-state index in [-0.39, 0.29) is 11.9 Å². The summed E-state index contributed by atoms with van der Waals surface area (Å²) in [6.07, 6.45) is -0.362. The number of aryl methyl sites for hydroxylation is 1. The van der Waals surface area contributed by atoms with E-state index < -0.39 is 6.10 Å². The molecule has 2 atom stereocenters. The maximum Gasteiger partial charge on any atom is 0.137 e. The Morgan fingerprint density at radius 3 is 2.80 bits per heavy atom. The number of hydrogen-bond acceptors (Lipinski definition) is 2. The highest BCUT2D eigenvalue weighted by molar-refractivity contribution is 9.10. The molecule has 0 bridgehead atoms. The Morgan fingerprint density at radius 2 is 2.05 bits per heavy atom. The van der Waals surface area contributed by atoms with E-state index >= 15 is 0 Å². The van der Waals surface area contributed by atoms with Crippen molar-refractivity contribution in [1.82, 2.24) is 0 Å². The van der Waals surface area contributed by atoms with E-state index in [1.54, 1.807) is 12.1 Å². The van der Waals surface area contributed by atoms with E-state index in [0.717, 1.165) is 16.7 Å². The normalized spacial score (nSPS) is 21.2. The summed E-state index contributed by atoms with van der Waals surface area (Å²) < 4.78 is 19.6. The Labute approximate surface area is 125 Å². The van der Waals surface area contributed by atoms with Crippen LogP contribution >= 0.6 is 15.9 Å². The van der Waals surface area contributed by atoms with Gasteiger partial charge in [-0.25, -0.2) is 4.39 Å². The minimum absolute atomic E-state index is 0.267. The molecule has 1 aliphatic heterocycles. The van der Waals surface area contributed by atoms with Crippen LogP contribution in [0.4, 0.5) is 4.39 Å². The Kier molecular flexibility index (Phi) is 3.52. The van der Waals surface area contributed by atoms with Crippen LogP contribution < -0.4 is 4.74 Å². The lowest BCUT2D eigenvalue weighted by Crippen LogP contribution is -2.19. The molecule has 0 saturated heterocycles. The number of fused-ring (bicyclic) bond motifs is 1. The predicted octanol–water partition coefficient (Wildman–Crippen LogP) is 4.45. The van der Waals surface area contributed by atoms with Gasteiger partial charge in [0.1, 0.15) is 17.7 Å². The van der Waals surface area contributed by atoms with E-state index in [1.807, 2.05) is 25.1 Å². The van der Waals surface area contributed by atoms with Crippen LogP contribution in [0.2, 0.25) is 0 Å². The second-order valence-corrected chi connectivity index (χ2v) is 5.93. The van der Waals surface area contributed by atoms with Crippen LogP contribution in [0.15, 0.2) is 40.9 Å². The Bertz CT molecular complexity index is 657. The highest BCUT2D eigenvalue weighted by Crippen LogP contribution is 2.41. The molecule has 3 rings (SSSR count). The van der Waals surface area contributed by atoms with Crippen molar-refractivity contribution in [3.63, 3.8) is 0 Å². The number of aliphatic hydroxyl groups is 1. The van der Waals surface area contributed by atoms with Gasteiger partial charge in [-0.05, 0) is 52.7 Å². The van der Waals surface area contributed by atoms with Gasteiger partial charge in [0, 0.05) is 12.0 Å². The van der Waals surface area contributed by atoms with Crippen LogP contribution in [0.3, 0.4) is 0 Å². The number of ether oxygens (including phenoxy) is 1. The molecule has 4 heteroatoms. The van der Waals surface area contributed by atoms with Gasteiger partial charge in [0.2, 0.25) is 0 Å². The molecule has 0 aromatic heterocycles. The van der Waals surface area contributed by atoms with Gasteiger partial charge in [-0.3, -0.25) is 0 Å². The zero-order valence-electron chi connectivity index (χ0n) is 10.9. The Morgan fingerprint density at radius 1 is 1.25 bits per heavy atom. The molecule has 1 unspecified atom stereocenters. The van der Waals surface area contributed by atoms with E-state index in [4.69, 9.17) is 4.74 Å². The molecule has 2 nitrogen and oxygen atoms in total. The van der Waals surface area contributed by atoms with Crippen LogP contribution in [0.5, 0.6) is 5.75 Å². The average Bonchev–Trinajstić information content (AvgIpc) is 2.42. The monoisotopic (exact) mass is 336 g/mol. The first kappa shape index (κ1) is 13.6. The van der Waals surface area contributed by atoms with Gasteiger partial charge >= 0.3 is 0 Å². The summed E-state index contributed by atoms with van der Waals surface area (Å²) in [5.41, 5.74) is 2.76. The summed E-state index contributed by atoms with van der Waals surface area (Å²) in [6.45, 7) is 1.98. The maximum absolute atomic E-state index is 13.3. The fourth-order valence-electron chi connectivity index (χ4n) is 2.48. The van der Waals surface area contributed by atoms with Gasteiger partial charge in [-0.15, -0.1) is 0 Å². The van der Waals surface area contributed by atoms with Gasteiger partial charge in [-0.1, -0.05) is 17.7 Å². The lowest BCUT2D eigenvalue weighted by Gasteiger charge is -2.30. The highest BCUT2D eigenvalue weighted by atomic mass is 79.9. The number of halogens is 2. The fraction of sp³-hybridized carbons (Fsp3) is 0.250. The molecule has 0 saturated carbocycles. The average molecular weight is 337 g/mol. The number of aliphatic hydroxyl groups excluding tert-OH is 1. The molecule has 1 aliphatic rings. The zero-order valence-corrected chi connectivity index (χ0v) is 12.5. The van der Waals surface area contributed by atoms with Crippen molar-refractivity contribution in [3.05, 3.63) is 63.4 Å². The number of hydrogen-bond donors (Lipinski definition) is 1. The van der Waals surface area contributed by atoms with E-state index in [0.29, 0.717) is 16.6 Å². The lowest BCUT2D eigenvalue weighted by atomic mass is 9.94. The molecule has 2 aromatic carbocycles. The van der Waals surface area contributed by atoms with Crippen LogP contribution in [-0.2, 0) is 0 Å². The Balaban J connectivity index is 1.94. The van der Waals surface area contributed by atoms with Crippen LogP contribution in [0, 0.1) is 12.7 Å². The molecular formula is C16H14BrFO2. The molecule has 104 valence electrons. The van der Waals surface area contributed by atoms with Crippen molar-refractivity contribution < 1.29 is 14.2 Å². The minimum Gasteiger partial charge on any atom is -0.485 e. The molecule has 0 radical (unpaired) electrons. The number of benzene rings is 2. The van der Waals surface area contributed by atoms with Crippen molar-refractivity contribution in [3.8, 4) is 5.75 Å². The topological polar surface area (TPSA) is 29.5 Å². The molecule has 1 heterocycles. The van der Waals surface area contributed by atoms with Gasteiger partial charge in [0.15, 0.2) is 0 Å². The van der Waals surface area contributed by atoms with E-state index in [9.17, 15) is 9.50 Å². The molecular weight excluding hydrogens is 323 g/mol. The first-order valence-corrected chi connectivity index (χ1v) is 7.24. The molecule has 0 aliphatic carbocycles. The van der Waals surface area contributed by atoms with Crippen LogP contribution in [-0.4, -0.2) is 5.11 Å². The maximum atomic E-state index is 13.3. The van der Waals surface area contributed by atoms with Gasteiger partial charge < -0.3 is 9.84 Å². The molecule has 0 spiro atoms. The van der Waals surface area contributed by atoms with Gasteiger partial charge in [0.25, 0.3) is 0 Å². The van der Waals surface area contributed by atoms with Gasteiger partial charge in [-0.2, -0.15) is 0 Å². The summed E-state index contributed by atoms with van der Waals surface area (Å²) in [7, 11) is 0. The quantitative estimate of drug-likeness (QED) is 0.833. The minimum atomic E-state index is -0.563. The zero-order chi connectivity index (χ0) is 14.3. The second-order valence-electron chi connectivity index (χ2n) is 5.07. The standard InChI is InChI=1S/C16H14BrFO2/c1-9-2-5-15-11(6-9)14(19)8-16(20-15)10-3-4-13(18)12(17)7-10/h2-7,14,16,19H,8H2,1H3/t14-,16?/m0/s1. The SMILES string of the molecule is Cc1ccc2c(c1)[C@@H](O)CC(c1ccc(F)c(Br)c1)O2. The molecule has 0 amide bonds. The molecule has 0 fully saturated rings. The largest absolute Gasteiger partial charge is 0.485 e. The third-order valence-corrected chi connectivity index (χ3v) is 4.15. The summed E-state index contributed by atoms with van der Waals surface area (Å²) in [5, 5.41) is 10.3. The number of rotatable bonds is 1. The Hall–Kier alpha value is -1.39. The smallest absolute Gasteiger partial charge is 0.137 e. The summed E-state index contributed by atoms with van der Waals surface area (Å²) in [4.78, 5) is 0. The molecule has 1 N–H and O–H groups in total. The van der Waals surface area contributed by atoms with Crippen LogP contribution in [0.25, 0.3) is 0 Å². The summed E-state index contributed by atoms with van der Waals surface area (Å²) in [5.74, 6) is 0.390.